The van der Waals surface area contributed by atoms with Crippen molar-refractivity contribution >= 4 is 29.2 Å². The number of nitrogens with zero attached hydrogens (tertiary/aromatic N) is 1. The summed E-state index contributed by atoms with van der Waals surface area (Å²) in [7, 11) is 0. The molecule has 5 heteroatoms. The average Bonchev–Trinajstić information content (AvgIpc) is 2.28. The lowest BCUT2D eigenvalue weighted by Crippen LogP contribution is -2.25. The van der Waals surface area contributed by atoms with Gasteiger partial charge in [-0.15, -0.1) is 0 Å². The van der Waals surface area contributed by atoms with Crippen molar-refractivity contribution in [1.29, 1.82) is 0 Å². The number of hydrogen-bond acceptors (Lipinski definition) is 4. The van der Waals surface area contributed by atoms with Crippen LogP contribution in [0, 0.1) is 0 Å². The van der Waals surface area contributed by atoms with Crippen molar-refractivity contribution in [3.8, 4) is 0 Å². The summed E-state index contributed by atoms with van der Waals surface area (Å²) in [6.07, 6.45) is 4.75. The molecule has 0 aliphatic rings. The molecule has 0 fully saturated rings. The van der Waals surface area contributed by atoms with Crippen molar-refractivity contribution in [1.82, 2.24) is 10.3 Å². The van der Waals surface area contributed by atoms with Crippen LogP contribution in [0.3, 0.4) is 0 Å². The number of nitrogens with two attached hydrogens (primary N) is 1. The largest absolute Gasteiger partial charge is 0.383 e. The van der Waals surface area contributed by atoms with Gasteiger partial charge in [0.25, 0.3) is 0 Å². The molecular weight excluding hydrogens is 242 g/mol. The molecule has 1 rings (SSSR count). The fourth-order valence-corrected chi connectivity index (χ4v) is 2.29. The molecule has 1 unspecified atom stereocenters. The number of hydrogen-bond donors (Lipinski definition) is 2. The van der Waals surface area contributed by atoms with E-state index in [1.54, 1.807) is 18.0 Å². The smallest absolute Gasteiger partial charge is 0.128 e. The minimum atomic E-state index is 0.223. The SMILES string of the molecule is CCCNC(CSC)c1cc(Cl)cnc1N. The number of rotatable bonds is 6. The van der Waals surface area contributed by atoms with Crippen molar-refractivity contribution in [2.45, 2.75) is 19.4 Å². The van der Waals surface area contributed by atoms with Gasteiger partial charge < -0.3 is 11.1 Å². The molecule has 0 aliphatic carbocycles. The summed E-state index contributed by atoms with van der Waals surface area (Å²) >= 11 is 7.72. The van der Waals surface area contributed by atoms with Crippen LogP contribution in [-0.2, 0) is 0 Å². The standard InChI is InChI=1S/C11H18ClN3S/c1-3-4-14-10(7-16-2)9-5-8(12)6-15-11(9)13/h5-6,10,14H,3-4,7H2,1-2H3,(H2,13,15). The molecule has 3 nitrogen and oxygen atoms in total. The summed E-state index contributed by atoms with van der Waals surface area (Å²) in [5, 5.41) is 4.09. The minimum Gasteiger partial charge on any atom is -0.383 e. The number of nitrogen functional groups attached to an aromatic ring is 1. The van der Waals surface area contributed by atoms with Crippen molar-refractivity contribution < 1.29 is 0 Å². The molecule has 0 radical (unpaired) electrons. The molecular formula is C11H18ClN3S. The van der Waals surface area contributed by atoms with Crippen LogP contribution in [0.2, 0.25) is 5.02 Å². The van der Waals surface area contributed by atoms with Gasteiger partial charge in [-0.05, 0) is 25.3 Å². The Bertz CT molecular complexity index is 333. The molecule has 0 amide bonds. The molecule has 0 bridgehead atoms. The van der Waals surface area contributed by atoms with E-state index in [2.05, 4.69) is 23.5 Å². The Morgan fingerprint density at radius 1 is 1.62 bits per heavy atom. The van der Waals surface area contributed by atoms with E-state index in [1.165, 1.54) is 0 Å². The normalized spacial score (nSPS) is 12.7. The second-order valence-electron chi connectivity index (χ2n) is 3.59. The van der Waals surface area contributed by atoms with Gasteiger partial charge in [-0.3, -0.25) is 0 Å². The van der Waals surface area contributed by atoms with Crippen LogP contribution >= 0.6 is 23.4 Å². The highest BCUT2D eigenvalue weighted by Crippen LogP contribution is 2.24. The van der Waals surface area contributed by atoms with Gasteiger partial charge in [0.15, 0.2) is 0 Å². The van der Waals surface area contributed by atoms with Crippen LogP contribution in [0.15, 0.2) is 12.3 Å². The first kappa shape index (κ1) is 13.6. The molecule has 3 N–H and O–H groups in total. The summed E-state index contributed by atoms with van der Waals surface area (Å²) in [4.78, 5) is 4.09. The van der Waals surface area contributed by atoms with Gasteiger partial charge in [-0.2, -0.15) is 11.8 Å². The summed E-state index contributed by atoms with van der Waals surface area (Å²) in [6.45, 7) is 3.11. The molecule has 1 aromatic rings. The zero-order chi connectivity index (χ0) is 12.0. The van der Waals surface area contributed by atoms with E-state index in [-0.39, 0.29) is 6.04 Å². The second-order valence-corrected chi connectivity index (χ2v) is 4.94. The Balaban J connectivity index is 2.85. The molecule has 0 aliphatic heterocycles. The van der Waals surface area contributed by atoms with E-state index in [9.17, 15) is 0 Å². The third kappa shape index (κ3) is 3.85. The summed E-state index contributed by atoms with van der Waals surface area (Å²) < 4.78 is 0. The first-order valence-corrected chi connectivity index (χ1v) is 7.09. The predicted octanol–water partition coefficient (Wildman–Crippen LogP) is 2.72. The van der Waals surface area contributed by atoms with E-state index in [0.29, 0.717) is 10.8 Å². The van der Waals surface area contributed by atoms with Crippen LogP contribution in [-0.4, -0.2) is 23.5 Å². The maximum Gasteiger partial charge on any atom is 0.128 e. The molecule has 1 heterocycles. The van der Waals surface area contributed by atoms with Crippen LogP contribution in [0.1, 0.15) is 24.9 Å². The van der Waals surface area contributed by atoms with Gasteiger partial charge in [0, 0.05) is 23.6 Å². The Morgan fingerprint density at radius 3 is 3.00 bits per heavy atom. The average molecular weight is 260 g/mol. The zero-order valence-electron chi connectivity index (χ0n) is 9.66. The Kier molecular flexibility index (Phi) is 5.95. The molecule has 0 aromatic carbocycles. The van der Waals surface area contributed by atoms with E-state index in [4.69, 9.17) is 17.3 Å². The predicted molar refractivity (Wildman–Crippen MR) is 73.1 cm³/mol. The number of anilines is 1. The highest BCUT2D eigenvalue weighted by atomic mass is 35.5. The van der Waals surface area contributed by atoms with E-state index >= 15 is 0 Å². The number of aromatic nitrogens is 1. The molecule has 16 heavy (non-hydrogen) atoms. The van der Waals surface area contributed by atoms with Crippen LogP contribution in [0.25, 0.3) is 0 Å². The molecule has 0 saturated heterocycles. The topological polar surface area (TPSA) is 50.9 Å². The Labute approximate surface area is 106 Å². The second kappa shape index (κ2) is 6.99. The van der Waals surface area contributed by atoms with Gasteiger partial charge in [-0.25, -0.2) is 4.98 Å². The summed E-state index contributed by atoms with van der Waals surface area (Å²) in [5.41, 5.74) is 6.87. The minimum absolute atomic E-state index is 0.223. The third-order valence-electron chi connectivity index (χ3n) is 2.27. The summed E-state index contributed by atoms with van der Waals surface area (Å²) in [6, 6.07) is 2.12. The molecule has 0 spiro atoms. The maximum absolute atomic E-state index is 5.94. The van der Waals surface area contributed by atoms with E-state index in [1.807, 2.05) is 6.07 Å². The lowest BCUT2D eigenvalue weighted by Gasteiger charge is -2.19. The maximum atomic E-state index is 5.94. The highest BCUT2D eigenvalue weighted by Gasteiger charge is 2.14. The zero-order valence-corrected chi connectivity index (χ0v) is 11.2. The number of halogens is 1. The molecule has 90 valence electrons. The van der Waals surface area contributed by atoms with Crippen LogP contribution in [0.4, 0.5) is 5.82 Å². The van der Waals surface area contributed by atoms with Crippen molar-refractivity contribution in [2.24, 2.45) is 0 Å². The van der Waals surface area contributed by atoms with Crippen LogP contribution in [0.5, 0.6) is 0 Å². The fraction of sp³-hybridized carbons (Fsp3) is 0.545. The van der Waals surface area contributed by atoms with Gasteiger partial charge in [0.1, 0.15) is 5.82 Å². The van der Waals surface area contributed by atoms with Gasteiger partial charge in [0.2, 0.25) is 0 Å². The molecule has 0 saturated carbocycles. The fourth-order valence-electron chi connectivity index (χ4n) is 1.49. The summed E-state index contributed by atoms with van der Waals surface area (Å²) in [5.74, 6) is 1.53. The lowest BCUT2D eigenvalue weighted by molar-refractivity contribution is 0.578. The Hall–Kier alpha value is -0.450. The number of thioether (sulfide) groups is 1. The number of pyridine rings is 1. The quantitative estimate of drug-likeness (QED) is 0.825. The van der Waals surface area contributed by atoms with Crippen molar-refractivity contribution in [3.05, 3.63) is 22.8 Å². The first-order chi connectivity index (χ1) is 7.69. The Morgan fingerprint density at radius 2 is 2.38 bits per heavy atom. The van der Waals surface area contributed by atoms with Gasteiger partial charge in [0.05, 0.1) is 5.02 Å². The lowest BCUT2D eigenvalue weighted by atomic mass is 10.1. The van der Waals surface area contributed by atoms with Crippen LogP contribution < -0.4 is 11.1 Å². The van der Waals surface area contributed by atoms with E-state index in [0.717, 1.165) is 24.3 Å². The highest BCUT2D eigenvalue weighted by molar-refractivity contribution is 7.98. The molecule has 1 aromatic heterocycles. The van der Waals surface area contributed by atoms with Crippen molar-refractivity contribution in [3.63, 3.8) is 0 Å². The molecule has 1 atom stereocenters. The van der Waals surface area contributed by atoms with Crippen molar-refractivity contribution in [2.75, 3.05) is 24.3 Å². The van der Waals surface area contributed by atoms with Gasteiger partial charge >= 0.3 is 0 Å². The van der Waals surface area contributed by atoms with E-state index < -0.39 is 0 Å². The first-order valence-electron chi connectivity index (χ1n) is 5.32. The monoisotopic (exact) mass is 259 g/mol. The van der Waals surface area contributed by atoms with Gasteiger partial charge in [-0.1, -0.05) is 18.5 Å². The number of nitrogens with one attached hydrogen (secondary N) is 1. The third-order valence-corrected chi connectivity index (χ3v) is 3.14.